The second kappa shape index (κ2) is 31.6. The first-order chi connectivity index (χ1) is 20.0. The average molecular weight is 580 g/mol. The largest absolute Gasteiger partial charge is 0.464 e. The van der Waals surface area contributed by atoms with E-state index >= 15 is 0 Å². The summed E-state index contributed by atoms with van der Waals surface area (Å²) in [5, 5.41) is 13.5. The Balaban J connectivity index is 3.96. The fourth-order valence-corrected chi connectivity index (χ4v) is 5.31. The molecular weight excluding hydrogens is 510 g/mol. The van der Waals surface area contributed by atoms with Crippen molar-refractivity contribution in [3.05, 3.63) is 12.2 Å². The van der Waals surface area contributed by atoms with Gasteiger partial charge >= 0.3 is 5.97 Å². The predicted octanol–water partition coefficient (Wildman–Crippen LogP) is 10.1. The zero-order chi connectivity index (χ0) is 30.2. The van der Waals surface area contributed by atoms with Gasteiger partial charge in [0.15, 0.2) is 0 Å². The molecule has 2 atom stereocenters. The number of ether oxygens (including phenoxy) is 1. The summed E-state index contributed by atoms with van der Waals surface area (Å²) in [5.41, 5.74) is 0. The molecule has 1 amide bonds. The highest BCUT2D eigenvalue weighted by Gasteiger charge is 2.20. The summed E-state index contributed by atoms with van der Waals surface area (Å²) in [7, 11) is 0. The Labute approximate surface area is 255 Å². The molecule has 5 nitrogen and oxygen atoms in total. The number of amides is 1. The van der Waals surface area contributed by atoms with Crippen LogP contribution in [0.3, 0.4) is 0 Å². The van der Waals surface area contributed by atoms with Crippen molar-refractivity contribution in [3.63, 3.8) is 0 Å². The van der Waals surface area contributed by atoms with Crippen LogP contribution in [-0.2, 0) is 14.3 Å². The zero-order valence-electron chi connectivity index (χ0n) is 27.6. The summed E-state index contributed by atoms with van der Waals surface area (Å²) < 4.78 is 5.12. The first-order valence-corrected chi connectivity index (χ1v) is 17.8. The quantitative estimate of drug-likeness (QED) is 0.0487. The Hall–Kier alpha value is -1.36. The molecule has 0 rings (SSSR count). The topological polar surface area (TPSA) is 75.6 Å². The van der Waals surface area contributed by atoms with Crippen LogP contribution in [-0.4, -0.2) is 35.7 Å². The van der Waals surface area contributed by atoms with Gasteiger partial charge in [-0.2, -0.15) is 0 Å². The van der Waals surface area contributed by atoms with Crippen molar-refractivity contribution >= 4 is 11.9 Å². The second-order valence-corrected chi connectivity index (χ2v) is 12.2. The van der Waals surface area contributed by atoms with E-state index < -0.39 is 18.1 Å². The summed E-state index contributed by atoms with van der Waals surface area (Å²) >= 11 is 0. The molecule has 0 aliphatic heterocycles. The summed E-state index contributed by atoms with van der Waals surface area (Å²) in [6, 6.07) is -0.609. The minimum Gasteiger partial charge on any atom is -0.464 e. The van der Waals surface area contributed by atoms with Crippen molar-refractivity contribution in [1.29, 1.82) is 0 Å². The number of hydrogen-bond acceptors (Lipinski definition) is 4. The van der Waals surface area contributed by atoms with Gasteiger partial charge in [0, 0.05) is 13.3 Å². The lowest BCUT2D eigenvalue weighted by atomic mass is 10.0. The molecule has 242 valence electrons. The number of allylic oxidation sites excluding steroid dienone is 1. The highest BCUT2D eigenvalue weighted by molar-refractivity contribution is 5.76. The van der Waals surface area contributed by atoms with Crippen LogP contribution >= 0.6 is 0 Å². The Bertz CT molecular complexity index is 606. The summed E-state index contributed by atoms with van der Waals surface area (Å²) in [5.74, 6) is -0.485. The molecule has 0 saturated heterocycles. The van der Waals surface area contributed by atoms with Crippen molar-refractivity contribution in [2.24, 2.45) is 0 Å². The molecule has 0 heterocycles. The molecule has 0 radical (unpaired) electrons. The molecule has 0 unspecified atom stereocenters. The highest BCUT2D eigenvalue weighted by Crippen LogP contribution is 2.14. The van der Waals surface area contributed by atoms with Crippen LogP contribution in [0.1, 0.15) is 188 Å². The lowest BCUT2D eigenvalue weighted by molar-refractivity contribution is -0.143. The number of carbonyl (C=O) groups is 2. The molecule has 0 bridgehead atoms. The number of esters is 1. The van der Waals surface area contributed by atoms with Crippen LogP contribution in [0.2, 0.25) is 0 Å². The van der Waals surface area contributed by atoms with Gasteiger partial charge in [-0.1, -0.05) is 167 Å². The predicted molar refractivity (Wildman–Crippen MR) is 175 cm³/mol. The van der Waals surface area contributed by atoms with E-state index in [-0.39, 0.29) is 12.5 Å². The van der Waals surface area contributed by atoms with E-state index in [2.05, 4.69) is 19.2 Å². The minimum absolute atomic E-state index is 0.0103. The van der Waals surface area contributed by atoms with Crippen LogP contribution in [0.4, 0.5) is 0 Å². The maximum absolute atomic E-state index is 12.5. The number of aliphatic hydroxyl groups excluding tert-OH is 1. The van der Waals surface area contributed by atoms with Gasteiger partial charge in [0.05, 0.1) is 12.1 Å². The fourth-order valence-electron chi connectivity index (χ4n) is 5.31. The van der Waals surface area contributed by atoms with Crippen molar-refractivity contribution in [3.8, 4) is 0 Å². The Morgan fingerprint density at radius 2 is 1.02 bits per heavy atom. The third kappa shape index (κ3) is 29.9. The number of hydrogen-bond donors (Lipinski definition) is 2. The third-order valence-electron chi connectivity index (χ3n) is 8.04. The van der Waals surface area contributed by atoms with Crippen LogP contribution in [0.5, 0.6) is 0 Å². The van der Waals surface area contributed by atoms with Gasteiger partial charge in [-0.3, -0.25) is 9.59 Å². The Morgan fingerprint density at radius 3 is 1.44 bits per heavy atom. The number of rotatable bonds is 31. The Kier molecular flexibility index (Phi) is 30.5. The summed E-state index contributed by atoms with van der Waals surface area (Å²) in [4.78, 5) is 23.8. The normalized spacial score (nSPS) is 13.0. The van der Waals surface area contributed by atoms with Crippen LogP contribution in [0, 0.1) is 0 Å². The van der Waals surface area contributed by atoms with E-state index in [1.54, 1.807) is 6.08 Å². The maximum atomic E-state index is 12.5. The number of aliphatic hydroxyl groups is 1. The monoisotopic (exact) mass is 580 g/mol. The van der Waals surface area contributed by atoms with Crippen molar-refractivity contribution in [1.82, 2.24) is 5.32 Å². The molecule has 0 aromatic heterocycles. The van der Waals surface area contributed by atoms with Crippen LogP contribution in [0.25, 0.3) is 0 Å². The van der Waals surface area contributed by atoms with Gasteiger partial charge in [-0.15, -0.1) is 0 Å². The van der Waals surface area contributed by atoms with Gasteiger partial charge in [0.25, 0.3) is 0 Å². The number of nitrogens with one attached hydrogen (secondary N) is 1. The molecule has 2 N–H and O–H groups in total. The smallest absolute Gasteiger partial charge is 0.302 e. The molecule has 41 heavy (non-hydrogen) atoms. The molecule has 0 aliphatic rings. The maximum Gasteiger partial charge on any atom is 0.302 e. The lowest BCUT2D eigenvalue weighted by Gasteiger charge is -2.21. The van der Waals surface area contributed by atoms with E-state index in [1.807, 2.05) is 6.08 Å². The molecular formula is C36H69NO4. The first kappa shape index (κ1) is 39.6. The molecule has 0 spiro atoms. The van der Waals surface area contributed by atoms with E-state index in [4.69, 9.17) is 4.74 Å². The molecule has 0 saturated carbocycles. The van der Waals surface area contributed by atoms with Gasteiger partial charge in [0.2, 0.25) is 5.91 Å². The highest BCUT2D eigenvalue weighted by atomic mass is 16.5. The van der Waals surface area contributed by atoms with E-state index in [1.165, 1.54) is 142 Å². The standard InChI is InChI=1S/C36H69NO4/c1-4-6-8-10-12-14-16-18-20-22-24-26-28-30-35(39)34(32-41-33(3)38)37-36(40)31-29-27-25-23-21-19-17-15-13-11-9-7-5-2/h28,30,34-35,39H,4-27,29,31-32H2,1-3H3,(H,37,40)/b30-28+/t34-,35+/m0/s1. The molecule has 0 aromatic carbocycles. The van der Waals surface area contributed by atoms with E-state index in [0.717, 1.165) is 25.7 Å². The summed E-state index contributed by atoms with van der Waals surface area (Å²) in [6.07, 6.45) is 35.3. The van der Waals surface area contributed by atoms with E-state index in [9.17, 15) is 14.7 Å². The molecule has 0 aromatic rings. The Morgan fingerprint density at radius 1 is 0.634 bits per heavy atom. The third-order valence-corrected chi connectivity index (χ3v) is 8.04. The van der Waals surface area contributed by atoms with Gasteiger partial charge in [-0.25, -0.2) is 0 Å². The van der Waals surface area contributed by atoms with Crippen molar-refractivity contribution in [2.75, 3.05) is 6.61 Å². The van der Waals surface area contributed by atoms with Crippen molar-refractivity contribution < 1.29 is 19.4 Å². The average Bonchev–Trinajstić information content (AvgIpc) is 2.95. The van der Waals surface area contributed by atoms with Crippen LogP contribution < -0.4 is 5.32 Å². The van der Waals surface area contributed by atoms with Crippen molar-refractivity contribution in [2.45, 2.75) is 200 Å². The summed E-state index contributed by atoms with van der Waals surface area (Å²) in [6.45, 7) is 5.86. The lowest BCUT2D eigenvalue weighted by Crippen LogP contribution is -2.46. The van der Waals surface area contributed by atoms with E-state index in [0.29, 0.717) is 6.42 Å². The van der Waals surface area contributed by atoms with Gasteiger partial charge < -0.3 is 15.2 Å². The number of unbranched alkanes of at least 4 members (excludes halogenated alkanes) is 23. The van der Waals surface area contributed by atoms with Gasteiger partial charge in [-0.05, 0) is 19.3 Å². The SMILES string of the molecule is CCCCCCCCCCCCC/C=C/[C@@H](O)[C@H](COC(C)=O)NC(=O)CCCCCCCCCCCCCCC. The first-order valence-electron chi connectivity index (χ1n) is 17.8. The minimum atomic E-state index is -0.863. The van der Waals surface area contributed by atoms with Crippen LogP contribution in [0.15, 0.2) is 12.2 Å². The molecule has 0 fully saturated rings. The fraction of sp³-hybridized carbons (Fsp3) is 0.889. The molecule has 5 heteroatoms. The van der Waals surface area contributed by atoms with Gasteiger partial charge in [0.1, 0.15) is 6.61 Å². The zero-order valence-corrected chi connectivity index (χ0v) is 27.6. The number of carbonyl (C=O) groups excluding carboxylic acids is 2. The molecule has 0 aliphatic carbocycles. The second-order valence-electron chi connectivity index (χ2n) is 12.2.